The number of rotatable bonds is 6. The molecular formula is C12H17N5. The van der Waals surface area contributed by atoms with E-state index in [9.17, 15) is 0 Å². The fourth-order valence-corrected chi connectivity index (χ4v) is 1.66. The van der Waals surface area contributed by atoms with Crippen molar-refractivity contribution in [3.05, 3.63) is 42.2 Å². The molecule has 2 rings (SSSR count). The van der Waals surface area contributed by atoms with Gasteiger partial charge in [-0.15, -0.1) is 10.2 Å². The standard InChI is InChI=1S/C12H17N5/c1-2-17-10-15-16-12(17)9-14-7-5-11-4-3-6-13-8-11/h3-4,6,8,10,14H,2,5,7,9H2,1H3. The Morgan fingerprint density at radius 1 is 1.41 bits per heavy atom. The van der Waals surface area contributed by atoms with Gasteiger partial charge in [0.25, 0.3) is 0 Å². The predicted octanol–water partition coefficient (Wildman–Crippen LogP) is 1.03. The lowest BCUT2D eigenvalue weighted by atomic mass is 10.2. The van der Waals surface area contributed by atoms with E-state index >= 15 is 0 Å². The fraction of sp³-hybridized carbons (Fsp3) is 0.417. The molecule has 0 aliphatic carbocycles. The zero-order valence-corrected chi connectivity index (χ0v) is 10.0. The maximum absolute atomic E-state index is 4.09. The number of aryl methyl sites for hydroxylation is 1. The molecule has 0 saturated heterocycles. The van der Waals surface area contributed by atoms with Crippen LogP contribution in [0.5, 0.6) is 0 Å². The molecule has 17 heavy (non-hydrogen) atoms. The van der Waals surface area contributed by atoms with Gasteiger partial charge in [-0.25, -0.2) is 0 Å². The molecule has 5 heteroatoms. The minimum Gasteiger partial charge on any atom is -0.317 e. The first-order valence-corrected chi connectivity index (χ1v) is 5.86. The summed E-state index contributed by atoms with van der Waals surface area (Å²) in [7, 11) is 0. The SMILES string of the molecule is CCn1cnnc1CNCCc1cccnc1. The summed E-state index contributed by atoms with van der Waals surface area (Å²) in [5, 5.41) is 11.3. The molecule has 90 valence electrons. The highest BCUT2D eigenvalue weighted by molar-refractivity contribution is 5.08. The number of aromatic nitrogens is 4. The van der Waals surface area contributed by atoms with Gasteiger partial charge in [-0.1, -0.05) is 6.07 Å². The minimum absolute atomic E-state index is 0.758. The summed E-state index contributed by atoms with van der Waals surface area (Å²) in [5.41, 5.74) is 1.25. The van der Waals surface area contributed by atoms with E-state index in [1.54, 1.807) is 12.5 Å². The van der Waals surface area contributed by atoms with Crippen molar-refractivity contribution in [1.29, 1.82) is 0 Å². The second-order valence-electron chi connectivity index (χ2n) is 3.82. The molecule has 0 spiro atoms. The first-order chi connectivity index (χ1) is 8.40. The van der Waals surface area contributed by atoms with Gasteiger partial charge in [0.1, 0.15) is 12.2 Å². The van der Waals surface area contributed by atoms with Gasteiger partial charge >= 0.3 is 0 Å². The average Bonchev–Trinajstić information content (AvgIpc) is 2.83. The quantitative estimate of drug-likeness (QED) is 0.754. The van der Waals surface area contributed by atoms with Gasteiger partial charge in [0, 0.05) is 18.9 Å². The van der Waals surface area contributed by atoms with Crippen LogP contribution in [0, 0.1) is 0 Å². The van der Waals surface area contributed by atoms with Crippen LogP contribution in [0.25, 0.3) is 0 Å². The Labute approximate surface area is 101 Å². The van der Waals surface area contributed by atoms with Crippen molar-refractivity contribution >= 4 is 0 Å². The molecular weight excluding hydrogens is 214 g/mol. The van der Waals surface area contributed by atoms with E-state index in [0.29, 0.717) is 0 Å². The summed E-state index contributed by atoms with van der Waals surface area (Å²) >= 11 is 0. The molecule has 0 bridgehead atoms. The number of nitrogens with one attached hydrogen (secondary N) is 1. The second-order valence-corrected chi connectivity index (χ2v) is 3.82. The second kappa shape index (κ2) is 6.10. The predicted molar refractivity (Wildman–Crippen MR) is 65.3 cm³/mol. The Hall–Kier alpha value is -1.75. The van der Waals surface area contributed by atoms with Crippen molar-refractivity contribution in [2.75, 3.05) is 6.54 Å². The largest absolute Gasteiger partial charge is 0.317 e. The summed E-state index contributed by atoms with van der Waals surface area (Å²) in [6.07, 6.45) is 6.43. The zero-order chi connectivity index (χ0) is 11.9. The third kappa shape index (κ3) is 3.35. The first kappa shape index (κ1) is 11.7. The summed E-state index contributed by atoms with van der Waals surface area (Å²) in [6.45, 7) is 4.67. The fourth-order valence-electron chi connectivity index (χ4n) is 1.66. The van der Waals surface area contributed by atoms with Crippen LogP contribution >= 0.6 is 0 Å². The Bertz CT molecular complexity index is 437. The highest BCUT2D eigenvalue weighted by Crippen LogP contribution is 1.97. The monoisotopic (exact) mass is 231 g/mol. The first-order valence-electron chi connectivity index (χ1n) is 5.86. The van der Waals surface area contributed by atoms with E-state index in [1.165, 1.54) is 5.56 Å². The van der Waals surface area contributed by atoms with E-state index in [0.717, 1.165) is 31.9 Å². The Morgan fingerprint density at radius 3 is 3.12 bits per heavy atom. The lowest BCUT2D eigenvalue weighted by Gasteiger charge is -2.05. The van der Waals surface area contributed by atoms with E-state index in [-0.39, 0.29) is 0 Å². The molecule has 2 aromatic rings. The molecule has 0 unspecified atom stereocenters. The third-order valence-electron chi connectivity index (χ3n) is 2.63. The summed E-state index contributed by atoms with van der Waals surface area (Å²) in [4.78, 5) is 4.09. The summed E-state index contributed by atoms with van der Waals surface area (Å²) < 4.78 is 2.04. The molecule has 0 saturated carbocycles. The highest BCUT2D eigenvalue weighted by atomic mass is 15.3. The van der Waals surface area contributed by atoms with Crippen LogP contribution in [0.15, 0.2) is 30.9 Å². The van der Waals surface area contributed by atoms with Gasteiger partial charge in [-0.2, -0.15) is 0 Å². The number of nitrogens with zero attached hydrogens (tertiary/aromatic N) is 4. The molecule has 2 heterocycles. The van der Waals surface area contributed by atoms with Gasteiger partial charge in [-0.05, 0) is 31.5 Å². The smallest absolute Gasteiger partial charge is 0.146 e. The van der Waals surface area contributed by atoms with Crippen LogP contribution in [0.1, 0.15) is 18.3 Å². The Morgan fingerprint density at radius 2 is 2.35 bits per heavy atom. The van der Waals surface area contributed by atoms with Crippen LogP contribution in [0.4, 0.5) is 0 Å². The van der Waals surface area contributed by atoms with Crippen molar-refractivity contribution in [3.63, 3.8) is 0 Å². The maximum atomic E-state index is 4.09. The van der Waals surface area contributed by atoms with Crippen molar-refractivity contribution < 1.29 is 0 Å². The molecule has 2 aromatic heterocycles. The summed E-state index contributed by atoms with van der Waals surface area (Å²) in [5.74, 6) is 0.985. The van der Waals surface area contributed by atoms with Crippen molar-refractivity contribution in [2.24, 2.45) is 0 Å². The molecule has 1 N–H and O–H groups in total. The number of hydrogen-bond donors (Lipinski definition) is 1. The maximum Gasteiger partial charge on any atom is 0.146 e. The van der Waals surface area contributed by atoms with Crippen LogP contribution in [-0.2, 0) is 19.5 Å². The van der Waals surface area contributed by atoms with Crippen molar-refractivity contribution in [2.45, 2.75) is 26.4 Å². The highest BCUT2D eigenvalue weighted by Gasteiger charge is 2.01. The Balaban J connectivity index is 1.73. The van der Waals surface area contributed by atoms with Crippen molar-refractivity contribution in [3.8, 4) is 0 Å². The van der Waals surface area contributed by atoms with Crippen LogP contribution < -0.4 is 5.32 Å². The number of hydrogen-bond acceptors (Lipinski definition) is 4. The molecule has 0 amide bonds. The van der Waals surface area contributed by atoms with E-state index < -0.39 is 0 Å². The van der Waals surface area contributed by atoms with Gasteiger partial charge in [0.15, 0.2) is 0 Å². The molecule has 0 radical (unpaired) electrons. The van der Waals surface area contributed by atoms with E-state index in [1.807, 2.05) is 16.8 Å². The lowest BCUT2D eigenvalue weighted by molar-refractivity contribution is 0.612. The third-order valence-corrected chi connectivity index (χ3v) is 2.63. The van der Waals surface area contributed by atoms with Gasteiger partial charge in [0.2, 0.25) is 0 Å². The molecule has 0 atom stereocenters. The van der Waals surface area contributed by atoms with Gasteiger partial charge in [0.05, 0.1) is 6.54 Å². The molecule has 0 aliphatic heterocycles. The van der Waals surface area contributed by atoms with Crippen molar-refractivity contribution in [1.82, 2.24) is 25.1 Å². The van der Waals surface area contributed by atoms with Gasteiger partial charge in [-0.3, -0.25) is 4.98 Å². The number of pyridine rings is 1. The van der Waals surface area contributed by atoms with Gasteiger partial charge < -0.3 is 9.88 Å². The summed E-state index contributed by atoms with van der Waals surface area (Å²) in [6, 6.07) is 4.05. The normalized spacial score (nSPS) is 10.6. The molecule has 0 aromatic carbocycles. The van der Waals surface area contributed by atoms with E-state index in [4.69, 9.17) is 0 Å². The van der Waals surface area contributed by atoms with Crippen LogP contribution in [0.3, 0.4) is 0 Å². The van der Waals surface area contributed by atoms with Crippen LogP contribution in [0.2, 0.25) is 0 Å². The topological polar surface area (TPSA) is 55.6 Å². The zero-order valence-electron chi connectivity index (χ0n) is 10.0. The average molecular weight is 231 g/mol. The Kier molecular flexibility index (Phi) is 4.21. The lowest BCUT2D eigenvalue weighted by Crippen LogP contribution is -2.19. The van der Waals surface area contributed by atoms with Crippen LogP contribution in [-0.4, -0.2) is 26.3 Å². The minimum atomic E-state index is 0.758. The molecule has 0 aliphatic rings. The molecule has 5 nitrogen and oxygen atoms in total. The molecule has 0 fully saturated rings. The van der Waals surface area contributed by atoms with E-state index in [2.05, 4.69) is 33.5 Å².